The Morgan fingerprint density at radius 3 is 2.81 bits per heavy atom. The first-order valence-electron chi connectivity index (χ1n) is 8.35. The summed E-state index contributed by atoms with van der Waals surface area (Å²) >= 11 is 0. The minimum atomic E-state index is 0.225. The SMILES string of the molecule is CCCC(C)N1Cc2cc(C3CCNCC3)ccc2C1=O. The van der Waals surface area contributed by atoms with Crippen LogP contribution in [0.5, 0.6) is 0 Å². The van der Waals surface area contributed by atoms with Gasteiger partial charge in [-0.2, -0.15) is 0 Å². The highest BCUT2D eigenvalue weighted by molar-refractivity contribution is 5.98. The topological polar surface area (TPSA) is 32.3 Å². The fraction of sp³-hybridized carbons (Fsp3) is 0.611. The number of amides is 1. The quantitative estimate of drug-likeness (QED) is 0.921. The number of benzene rings is 1. The summed E-state index contributed by atoms with van der Waals surface area (Å²) < 4.78 is 0. The summed E-state index contributed by atoms with van der Waals surface area (Å²) in [5, 5.41) is 3.42. The van der Waals surface area contributed by atoms with Crippen molar-refractivity contribution >= 4 is 5.91 Å². The van der Waals surface area contributed by atoms with E-state index in [0.717, 1.165) is 38.0 Å². The molecular weight excluding hydrogens is 260 g/mol. The van der Waals surface area contributed by atoms with Crippen molar-refractivity contribution in [1.29, 1.82) is 0 Å². The number of carbonyl (C=O) groups is 1. The van der Waals surface area contributed by atoms with Crippen LogP contribution in [0.4, 0.5) is 0 Å². The van der Waals surface area contributed by atoms with Crippen molar-refractivity contribution in [3.8, 4) is 0 Å². The van der Waals surface area contributed by atoms with Crippen LogP contribution in [0.25, 0.3) is 0 Å². The molecule has 1 unspecified atom stereocenters. The van der Waals surface area contributed by atoms with Gasteiger partial charge in [0.05, 0.1) is 0 Å². The van der Waals surface area contributed by atoms with Gasteiger partial charge in [-0.3, -0.25) is 4.79 Å². The molecule has 1 amide bonds. The number of rotatable bonds is 4. The summed E-state index contributed by atoms with van der Waals surface area (Å²) in [6, 6.07) is 6.88. The molecule has 2 aliphatic rings. The summed E-state index contributed by atoms with van der Waals surface area (Å²) in [4.78, 5) is 14.6. The molecule has 3 nitrogen and oxygen atoms in total. The van der Waals surface area contributed by atoms with Crippen LogP contribution < -0.4 is 5.32 Å². The maximum absolute atomic E-state index is 12.5. The molecule has 3 rings (SSSR count). The Morgan fingerprint density at radius 1 is 1.33 bits per heavy atom. The third-order valence-corrected chi connectivity index (χ3v) is 5.01. The van der Waals surface area contributed by atoms with E-state index < -0.39 is 0 Å². The maximum Gasteiger partial charge on any atom is 0.254 e. The largest absolute Gasteiger partial charge is 0.332 e. The van der Waals surface area contributed by atoms with Crippen molar-refractivity contribution in [1.82, 2.24) is 10.2 Å². The average Bonchev–Trinajstić information content (AvgIpc) is 2.85. The molecule has 21 heavy (non-hydrogen) atoms. The molecule has 0 bridgehead atoms. The molecule has 2 aliphatic heterocycles. The third kappa shape index (κ3) is 2.84. The van der Waals surface area contributed by atoms with Crippen LogP contribution >= 0.6 is 0 Å². The van der Waals surface area contributed by atoms with Crippen LogP contribution in [0.15, 0.2) is 18.2 Å². The molecule has 3 heteroatoms. The molecule has 0 saturated carbocycles. The predicted octanol–water partition coefficient (Wildman–Crippen LogP) is 3.30. The Hall–Kier alpha value is -1.35. The first kappa shape index (κ1) is 14.6. The van der Waals surface area contributed by atoms with E-state index in [9.17, 15) is 4.79 Å². The van der Waals surface area contributed by atoms with Crippen molar-refractivity contribution in [2.24, 2.45) is 0 Å². The van der Waals surface area contributed by atoms with Gasteiger partial charge in [0, 0.05) is 18.2 Å². The second-order valence-corrected chi connectivity index (χ2v) is 6.51. The monoisotopic (exact) mass is 286 g/mol. The number of piperidine rings is 1. The molecule has 1 aromatic carbocycles. The minimum absolute atomic E-state index is 0.225. The lowest BCUT2D eigenvalue weighted by Crippen LogP contribution is -2.33. The van der Waals surface area contributed by atoms with Gasteiger partial charge in [0.1, 0.15) is 0 Å². The molecule has 0 aliphatic carbocycles. The summed E-state index contributed by atoms with van der Waals surface area (Å²) in [6.45, 7) is 7.37. The van der Waals surface area contributed by atoms with Crippen LogP contribution in [0, 0.1) is 0 Å². The van der Waals surface area contributed by atoms with E-state index in [1.165, 1.54) is 24.0 Å². The van der Waals surface area contributed by atoms with Gasteiger partial charge in [0.25, 0.3) is 5.91 Å². The van der Waals surface area contributed by atoms with Gasteiger partial charge in [0.15, 0.2) is 0 Å². The fourth-order valence-corrected chi connectivity index (χ4v) is 3.70. The Bertz CT molecular complexity index is 520. The summed E-state index contributed by atoms with van der Waals surface area (Å²) in [7, 11) is 0. The Balaban J connectivity index is 1.79. The van der Waals surface area contributed by atoms with E-state index >= 15 is 0 Å². The van der Waals surface area contributed by atoms with E-state index in [4.69, 9.17) is 0 Å². The standard InChI is InChI=1S/C18H26N2O/c1-3-4-13(2)20-12-16-11-15(5-6-17(16)18(20)21)14-7-9-19-10-8-14/h5-6,11,13-14,19H,3-4,7-10,12H2,1-2H3. The molecular formula is C18H26N2O. The van der Waals surface area contributed by atoms with Gasteiger partial charge in [-0.15, -0.1) is 0 Å². The van der Waals surface area contributed by atoms with E-state index in [1.54, 1.807) is 0 Å². The molecule has 1 aromatic rings. The van der Waals surface area contributed by atoms with Crippen molar-refractivity contribution in [2.45, 2.75) is 58.0 Å². The van der Waals surface area contributed by atoms with Gasteiger partial charge < -0.3 is 10.2 Å². The number of fused-ring (bicyclic) bond motifs is 1. The highest BCUT2D eigenvalue weighted by atomic mass is 16.2. The molecule has 1 atom stereocenters. The predicted molar refractivity (Wildman–Crippen MR) is 85.5 cm³/mol. The Kier molecular flexibility index (Phi) is 4.29. The van der Waals surface area contributed by atoms with Gasteiger partial charge in [0.2, 0.25) is 0 Å². The van der Waals surface area contributed by atoms with E-state index in [2.05, 4.69) is 37.4 Å². The molecule has 0 aromatic heterocycles. The van der Waals surface area contributed by atoms with Gasteiger partial charge in [-0.25, -0.2) is 0 Å². The first-order chi connectivity index (χ1) is 10.2. The molecule has 0 radical (unpaired) electrons. The molecule has 1 fully saturated rings. The smallest absolute Gasteiger partial charge is 0.254 e. The zero-order chi connectivity index (χ0) is 14.8. The molecule has 114 valence electrons. The lowest BCUT2D eigenvalue weighted by molar-refractivity contribution is 0.0709. The molecule has 1 N–H and O–H groups in total. The number of hydrogen-bond acceptors (Lipinski definition) is 2. The highest BCUT2D eigenvalue weighted by Crippen LogP contribution is 2.31. The van der Waals surface area contributed by atoms with Crippen LogP contribution in [-0.2, 0) is 6.54 Å². The fourth-order valence-electron chi connectivity index (χ4n) is 3.70. The summed E-state index contributed by atoms with van der Waals surface area (Å²) in [6.07, 6.45) is 4.63. The van der Waals surface area contributed by atoms with E-state index in [1.807, 2.05) is 4.90 Å². The number of nitrogens with zero attached hydrogens (tertiary/aromatic N) is 1. The first-order valence-corrected chi connectivity index (χ1v) is 8.35. The zero-order valence-corrected chi connectivity index (χ0v) is 13.2. The molecule has 0 spiro atoms. The summed E-state index contributed by atoms with van der Waals surface area (Å²) in [5.74, 6) is 0.886. The van der Waals surface area contributed by atoms with Gasteiger partial charge in [-0.05, 0) is 62.4 Å². The number of nitrogens with one attached hydrogen (secondary N) is 1. The Labute approximate surface area is 127 Å². The lowest BCUT2D eigenvalue weighted by Gasteiger charge is -2.24. The van der Waals surface area contributed by atoms with Crippen LogP contribution in [0.1, 0.15) is 66.9 Å². The second-order valence-electron chi connectivity index (χ2n) is 6.51. The van der Waals surface area contributed by atoms with Gasteiger partial charge in [-0.1, -0.05) is 25.5 Å². The van der Waals surface area contributed by atoms with Crippen LogP contribution in [-0.4, -0.2) is 29.9 Å². The normalized spacial score (nSPS) is 20.7. The Morgan fingerprint density at radius 2 is 2.10 bits per heavy atom. The summed E-state index contributed by atoms with van der Waals surface area (Å²) in [5.41, 5.74) is 3.59. The van der Waals surface area contributed by atoms with E-state index in [0.29, 0.717) is 12.0 Å². The van der Waals surface area contributed by atoms with Crippen molar-refractivity contribution in [3.63, 3.8) is 0 Å². The van der Waals surface area contributed by atoms with Crippen LogP contribution in [0.3, 0.4) is 0 Å². The zero-order valence-electron chi connectivity index (χ0n) is 13.2. The lowest BCUT2D eigenvalue weighted by atomic mass is 9.88. The van der Waals surface area contributed by atoms with Crippen LogP contribution in [0.2, 0.25) is 0 Å². The molecule has 2 heterocycles. The van der Waals surface area contributed by atoms with Crippen molar-refractivity contribution in [2.75, 3.05) is 13.1 Å². The number of carbonyl (C=O) groups excluding carboxylic acids is 1. The molecule has 1 saturated heterocycles. The van der Waals surface area contributed by atoms with E-state index in [-0.39, 0.29) is 5.91 Å². The maximum atomic E-state index is 12.5. The third-order valence-electron chi connectivity index (χ3n) is 5.01. The minimum Gasteiger partial charge on any atom is -0.332 e. The second kappa shape index (κ2) is 6.18. The highest BCUT2D eigenvalue weighted by Gasteiger charge is 2.31. The van der Waals surface area contributed by atoms with Crippen molar-refractivity contribution < 1.29 is 4.79 Å². The average molecular weight is 286 g/mol. The van der Waals surface area contributed by atoms with Crippen molar-refractivity contribution in [3.05, 3.63) is 34.9 Å². The van der Waals surface area contributed by atoms with Gasteiger partial charge >= 0.3 is 0 Å². The number of hydrogen-bond donors (Lipinski definition) is 1.